The molecule has 1 atom stereocenters. The van der Waals surface area contributed by atoms with Gasteiger partial charge in [-0.1, -0.05) is 18.2 Å². The lowest BCUT2D eigenvalue weighted by molar-refractivity contribution is -0.100. The summed E-state index contributed by atoms with van der Waals surface area (Å²) in [6, 6.07) is 12.0. The first-order chi connectivity index (χ1) is 13.7. The first kappa shape index (κ1) is 17.8. The third kappa shape index (κ3) is 3.03. The Balaban J connectivity index is 1.49. The molecule has 1 amide bonds. The smallest absolute Gasteiger partial charge is 0.264 e. The van der Waals surface area contributed by atoms with Crippen LogP contribution >= 0.6 is 11.3 Å². The molecule has 2 aliphatic heterocycles. The van der Waals surface area contributed by atoms with Crippen molar-refractivity contribution in [1.82, 2.24) is 14.7 Å². The van der Waals surface area contributed by atoms with Crippen molar-refractivity contribution in [1.29, 1.82) is 0 Å². The van der Waals surface area contributed by atoms with Crippen LogP contribution in [-0.2, 0) is 9.47 Å². The zero-order valence-corrected chi connectivity index (χ0v) is 16.7. The maximum atomic E-state index is 13.4. The van der Waals surface area contributed by atoms with Gasteiger partial charge in [0, 0.05) is 11.9 Å². The summed E-state index contributed by atoms with van der Waals surface area (Å²) in [5, 5.41) is 5.71. The van der Waals surface area contributed by atoms with Crippen molar-refractivity contribution in [2.75, 3.05) is 19.8 Å². The molecule has 2 aromatic heterocycles. The number of aryl methyl sites for hydroxylation is 1. The minimum Gasteiger partial charge on any atom is -0.348 e. The lowest BCUT2D eigenvalue weighted by Gasteiger charge is -2.37. The van der Waals surface area contributed by atoms with Crippen molar-refractivity contribution in [2.24, 2.45) is 0 Å². The third-order valence-corrected chi connectivity index (χ3v) is 6.63. The highest BCUT2D eigenvalue weighted by atomic mass is 32.1. The fraction of sp³-hybridized carbons (Fsp3) is 0.429. The second-order valence-corrected chi connectivity index (χ2v) is 8.36. The van der Waals surface area contributed by atoms with E-state index in [0.29, 0.717) is 13.2 Å². The van der Waals surface area contributed by atoms with Crippen LogP contribution < -0.4 is 0 Å². The minimum atomic E-state index is -0.292. The number of thiophene rings is 1. The molecule has 2 aliphatic rings. The SMILES string of the molecule is Cc1nn(-c2ccccc2)c2sc(C(=O)N3CCCCC3C3OCCO3)cc12. The molecule has 0 saturated carbocycles. The van der Waals surface area contributed by atoms with Crippen molar-refractivity contribution in [2.45, 2.75) is 38.5 Å². The molecule has 6 nitrogen and oxygen atoms in total. The molecule has 1 aromatic carbocycles. The molecular weight excluding hydrogens is 374 g/mol. The standard InChI is InChI=1S/C21H23N3O3S/c1-14-16-13-18(28-20(16)24(22-14)15-7-3-2-4-8-15)19(25)23-10-6-5-9-17(23)21-26-11-12-27-21/h2-4,7-8,13,17,21H,5-6,9-12H2,1H3. The van der Waals surface area contributed by atoms with Gasteiger partial charge < -0.3 is 14.4 Å². The van der Waals surface area contributed by atoms with Gasteiger partial charge in [0.15, 0.2) is 6.29 Å². The van der Waals surface area contributed by atoms with Crippen LogP contribution in [0.2, 0.25) is 0 Å². The number of para-hydroxylation sites is 1. The third-order valence-electron chi connectivity index (χ3n) is 5.53. The summed E-state index contributed by atoms with van der Waals surface area (Å²) >= 11 is 1.51. The highest BCUT2D eigenvalue weighted by Gasteiger charge is 2.37. The van der Waals surface area contributed by atoms with Gasteiger partial charge in [-0.05, 0) is 44.4 Å². The number of nitrogens with zero attached hydrogens (tertiary/aromatic N) is 3. The fourth-order valence-corrected chi connectivity index (χ4v) is 5.27. The van der Waals surface area contributed by atoms with Gasteiger partial charge in [0.1, 0.15) is 4.83 Å². The number of fused-ring (bicyclic) bond motifs is 1. The normalized spacial score (nSPS) is 20.9. The number of piperidine rings is 1. The fourth-order valence-electron chi connectivity index (χ4n) is 4.13. The Kier molecular flexibility index (Phi) is 4.66. The van der Waals surface area contributed by atoms with Crippen LogP contribution in [0.1, 0.15) is 34.6 Å². The average molecular weight is 398 g/mol. The van der Waals surface area contributed by atoms with E-state index in [0.717, 1.165) is 52.3 Å². The molecule has 0 radical (unpaired) electrons. The highest BCUT2D eigenvalue weighted by molar-refractivity contribution is 7.20. The number of benzene rings is 1. The summed E-state index contributed by atoms with van der Waals surface area (Å²) in [6.07, 6.45) is 2.76. The first-order valence-corrected chi connectivity index (χ1v) is 10.6. The van der Waals surface area contributed by atoms with Crippen molar-refractivity contribution in [3.05, 3.63) is 47.0 Å². The molecule has 1 unspecified atom stereocenters. The lowest BCUT2D eigenvalue weighted by Crippen LogP contribution is -2.50. The molecule has 4 heterocycles. The van der Waals surface area contributed by atoms with Crippen LogP contribution in [0.4, 0.5) is 0 Å². The maximum absolute atomic E-state index is 13.4. The predicted octanol–water partition coefficient (Wildman–Crippen LogP) is 3.76. The van der Waals surface area contributed by atoms with Crippen molar-refractivity contribution in [3.8, 4) is 5.69 Å². The second-order valence-electron chi connectivity index (χ2n) is 7.33. The number of amides is 1. The second kappa shape index (κ2) is 7.31. The van der Waals surface area contributed by atoms with Gasteiger partial charge in [0.05, 0.1) is 35.5 Å². The number of hydrogen-bond acceptors (Lipinski definition) is 5. The molecule has 0 aliphatic carbocycles. The van der Waals surface area contributed by atoms with Crippen molar-refractivity contribution in [3.63, 3.8) is 0 Å². The summed E-state index contributed by atoms with van der Waals surface area (Å²) in [5.74, 6) is 0.0732. The van der Waals surface area contributed by atoms with E-state index in [-0.39, 0.29) is 18.2 Å². The number of carbonyl (C=O) groups is 1. The van der Waals surface area contributed by atoms with Crippen LogP contribution in [0.5, 0.6) is 0 Å². The summed E-state index contributed by atoms with van der Waals surface area (Å²) in [5.41, 5.74) is 1.94. The summed E-state index contributed by atoms with van der Waals surface area (Å²) in [4.78, 5) is 17.1. The maximum Gasteiger partial charge on any atom is 0.264 e. The topological polar surface area (TPSA) is 56.6 Å². The quantitative estimate of drug-likeness (QED) is 0.675. The Labute approximate surface area is 167 Å². The van der Waals surface area contributed by atoms with Gasteiger partial charge in [-0.15, -0.1) is 11.3 Å². The molecule has 5 rings (SSSR count). The van der Waals surface area contributed by atoms with Crippen LogP contribution in [0.3, 0.4) is 0 Å². The van der Waals surface area contributed by atoms with Gasteiger partial charge in [0.25, 0.3) is 5.91 Å². The van der Waals surface area contributed by atoms with E-state index < -0.39 is 0 Å². The summed E-state index contributed by atoms with van der Waals surface area (Å²) in [6.45, 7) is 3.97. The molecule has 0 N–H and O–H groups in total. The van der Waals surface area contributed by atoms with E-state index in [9.17, 15) is 4.79 Å². The van der Waals surface area contributed by atoms with Gasteiger partial charge in [-0.25, -0.2) is 4.68 Å². The molecular formula is C21H23N3O3S. The van der Waals surface area contributed by atoms with E-state index >= 15 is 0 Å². The molecule has 0 spiro atoms. The van der Waals surface area contributed by atoms with Crippen LogP contribution in [0.25, 0.3) is 15.9 Å². The van der Waals surface area contributed by atoms with Crippen molar-refractivity contribution >= 4 is 27.5 Å². The molecule has 146 valence electrons. The number of ether oxygens (including phenoxy) is 2. The molecule has 2 saturated heterocycles. The Hall–Kier alpha value is -2.22. The first-order valence-electron chi connectivity index (χ1n) is 9.81. The molecule has 7 heteroatoms. The summed E-state index contributed by atoms with van der Waals surface area (Å²) in [7, 11) is 0. The van der Waals surface area contributed by atoms with Crippen molar-refractivity contribution < 1.29 is 14.3 Å². The molecule has 3 aromatic rings. The average Bonchev–Trinajstić information content (AvgIpc) is 3.47. The number of rotatable bonds is 3. The van der Waals surface area contributed by atoms with E-state index in [1.807, 2.05) is 52.9 Å². The number of carbonyl (C=O) groups excluding carboxylic acids is 1. The number of aromatic nitrogens is 2. The monoisotopic (exact) mass is 397 g/mol. The Morgan fingerprint density at radius 2 is 1.96 bits per heavy atom. The Morgan fingerprint density at radius 1 is 1.18 bits per heavy atom. The van der Waals surface area contributed by atoms with Crippen LogP contribution in [0.15, 0.2) is 36.4 Å². The Morgan fingerprint density at radius 3 is 2.75 bits per heavy atom. The van der Waals surface area contributed by atoms with Gasteiger partial charge >= 0.3 is 0 Å². The van der Waals surface area contributed by atoms with Gasteiger partial charge in [-0.3, -0.25) is 4.79 Å². The van der Waals surface area contributed by atoms with Gasteiger partial charge in [0.2, 0.25) is 0 Å². The van der Waals surface area contributed by atoms with Crippen LogP contribution in [0, 0.1) is 6.92 Å². The minimum absolute atomic E-state index is 0.000631. The molecule has 28 heavy (non-hydrogen) atoms. The van der Waals surface area contributed by atoms with Crippen LogP contribution in [-0.4, -0.2) is 52.7 Å². The van der Waals surface area contributed by atoms with E-state index in [1.54, 1.807) is 0 Å². The zero-order chi connectivity index (χ0) is 19.1. The largest absolute Gasteiger partial charge is 0.348 e. The lowest BCUT2D eigenvalue weighted by atomic mass is 10.0. The van der Waals surface area contributed by atoms with E-state index in [2.05, 4.69) is 5.10 Å². The molecule has 2 fully saturated rings. The van der Waals surface area contributed by atoms with E-state index in [1.165, 1.54) is 11.3 Å². The number of hydrogen-bond donors (Lipinski definition) is 0. The number of likely N-dealkylation sites (tertiary alicyclic amines) is 1. The Bertz CT molecular complexity index is 991. The van der Waals surface area contributed by atoms with Gasteiger partial charge in [-0.2, -0.15) is 5.10 Å². The summed E-state index contributed by atoms with van der Waals surface area (Å²) < 4.78 is 13.4. The predicted molar refractivity (Wildman–Crippen MR) is 108 cm³/mol. The molecule has 0 bridgehead atoms. The van der Waals surface area contributed by atoms with E-state index in [4.69, 9.17) is 9.47 Å². The highest BCUT2D eigenvalue weighted by Crippen LogP contribution is 2.33. The zero-order valence-electron chi connectivity index (χ0n) is 15.8.